The van der Waals surface area contributed by atoms with Crippen molar-refractivity contribution in [2.45, 2.75) is 13.3 Å². The third-order valence-corrected chi connectivity index (χ3v) is 2.07. The van der Waals surface area contributed by atoms with Gasteiger partial charge in [-0.3, -0.25) is 0 Å². The summed E-state index contributed by atoms with van der Waals surface area (Å²) in [4.78, 5) is 0. The van der Waals surface area contributed by atoms with Gasteiger partial charge in [-0.25, -0.2) is 4.68 Å². The molecule has 0 fully saturated rings. The first kappa shape index (κ1) is 12.3. The smallest absolute Gasteiger partial charge is 0.223 e. The van der Waals surface area contributed by atoms with Crippen LogP contribution in [0.15, 0.2) is 5.16 Å². The number of aliphatic hydroxyl groups excluding tert-OH is 1. The first-order chi connectivity index (χ1) is 7.61. The molecule has 0 saturated heterocycles. The Morgan fingerprint density at radius 2 is 2.31 bits per heavy atom. The van der Waals surface area contributed by atoms with Crippen LogP contribution in [0.1, 0.15) is 17.7 Å². The molecular formula is C9H16N4O3. The molecule has 0 aliphatic rings. The van der Waals surface area contributed by atoms with Gasteiger partial charge in [-0.1, -0.05) is 5.16 Å². The number of amidine groups is 1. The van der Waals surface area contributed by atoms with E-state index in [0.717, 1.165) is 0 Å². The van der Waals surface area contributed by atoms with E-state index in [1.54, 1.807) is 14.0 Å². The van der Waals surface area contributed by atoms with Crippen LogP contribution in [0, 0.1) is 6.92 Å². The summed E-state index contributed by atoms with van der Waals surface area (Å²) in [7, 11) is 1.70. The van der Waals surface area contributed by atoms with Gasteiger partial charge in [-0.2, -0.15) is 5.10 Å². The highest BCUT2D eigenvalue weighted by atomic mass is 16.5. The summed E-state index contributed by atoms with van der Waals surface area (Å²) in [5.41, 5.74) is 6.63. The Kier molecular flexibility index (Phi) is 4.12. The molecule has 1 rings (SSSR count). The van der Waals surface area contributed by atoms with Gasteiger partial charge in [-0.05, 0) is 6.92 Å². The number of aryl methyl sites for hydroxylation is 2. The number of ether oxygens (including phenoxy) is 1. The van der Waals surface area contributed by atoms with E-state index < -0.39 is 0 Å². The average Bonchev–Trinajstić information content (AvgIpc) is 2.53. The van der Waals surface area contributed by atoms with Crippen LogP contribution in [-0.4, -0.2) is 39.1 Å². The zero-order valence-electron chi connectivity index (χ0n) is 9.34. The van der Waals surface area contributed by atoms with Crippen LogP contribution >= 0.6 is 0 Å². The fraction of sp³-hybridized carbons (Fsp3) is 0.556. The van der Waals surface area contributed by atoms with E-state index >= 15 is 0 Å². The molecule has 0 aromatic carbocycles. The zero-order valence-corrected chi connectivity index (χ0v) is 9.34. The summed E-state index contributed by atoms with van der Waals surface area (Å²) < 4.78 is 6.93. The number of rotatable bonds is 5. The Morgan fingerprint density at radius 3 is 2.88 bits per heavy atom. The fourth-order valence-corrected chi connectivity index (χ4v) is 1.38. The topological polar surface area (TPSA) is 106 Å². The van der Waals surface area contributed by atoms with Crippen LogP contribution in [0.25, 0.3) is 0 Å². The van der Waals surface area contributed by atoms with Crippen molar-refractivity contribution in [3.63, 3.8) is 0 Å². The summed E-state index contributed by atoms with van der Waals surface area (Å²) in [6.07, 6.45) is 0.514. The third-order valence-electron chi connectivity index (χ3n) is 2.07. The van der Waals surface area contributed by atoms with Crippen molar-refractivity contribution >= 4 is 5.84 Å². The molecule has 0 atom stereocenters. The van der Waals surface area contributed by atoms with Crippen molar-refractivity contribution in [2.75, 3.05) is 13.2 Å². The molecule has 0 aliphatic carbocycles. The summed E-state index contributed by atoms with van der Waals surface area (Å²) in [5, 5.41) is 24.4. The molecule has 0 spiro atoms. The van der Waals surface area contributed by atoms with E-state index in [2.05, 4.69) is 10.3 Å². The van der Waals surface area contributed by atoms with Gasteiger partial charge in [0, 0.05) is 20.1 Å². The van der Waals surface area contributed by atoms with Gasteiger partial charge in [-0.15, -0.1) is 0 Å². The maximum atomic E-state index is 8.65. The van der Waals surface area contributed by atoms with E-state index in [1.807, 2.05) is 0 Å². The molecule has 0 amide bonds. The second-order valence-electron chi connectivity index (χ2n) is 3.30. The second-order valence-corrected chi connectivity index (χ2v) is 3.30. The van der Waals surface area contributed by atoms with E-state index in [1.165, 1.54) is 4.68 Å². The lowest BCUT2D eigenvalue weighted by Gasteiger charge is -2.07. The summed E-state index contributed by atoms with van der Waals surface area (Å²) in [5.74, 6) is 0.394. The predicted octanol–water partition coefficient (Wildman–Crippen LogP) is -0.416. The largest absolute Gasteiger partial charge is 0.477 e. The molecule has 1 heterocycles. The molecule has 0 radical (unpaired) electrons. The molecule has 1 aromatic rings. The molecule has 16 heavy (non-hydrogen) atoms. The average molecular weight is 228 g/mol. The molecule has 4 N–H and O–H groups in total. The minimum absolute atomic E-state index is 0.0374. The van der Waals surface area contributed by atoms with Crippen molar-refractivity contribution in [1.29, 1.82) is 0 Å². The number of oxime groups is 1. The van der Waals surface area contributed by atoms with Gasteiger partial charge in [0.15, 0.2) is 5.84 Å². The maximum absolute atomic E-state index is 8.65. The molecule has 7 nitrogen and oxygen atoms in total. The lowest BCUT2D eigenvalue weighted by Crippen LogP contribution is -2.16. The van der Waals surface area contributed by atoms with Crippen molar-refractivity contribution < 1.29 is 15.1 Å². The number of nitrogens with zero attached hydrogens (tertiary/aromatic N) is 3. The number of hydrogen-bond donors (Lipinski definition) is 3. The van der Waals surface area contributed by atoms with Crippen LogP contribution in [0.2, 0.25) is 0 Å². The summed E-state index contributed by atoms with van der Waals surface area (Å²) >= 11 is 0. The number of hydrogen-bond acceptors (Lipinski definition) is 5. The van der Waals surface area contributed by atoms with E-state index in [4.69, 9.17) is 20.8 Å². The highest BCUT2D eigenvalue weighted by molar-refractivity contribution is 6.00. The van der Waals surface area contributed by atoms with Crippen LogP contribution in [-0.2, 0) is 7.05 Å². The van der Waals surface area contributed by atoms with Crippen LogP contribution in [0.5, 0.6) is 5.88 Å². The first-order valence-electron chi connectivity index (χ1n) is 4.87. The molecule has 0 aliphatic heterocycles. The Bertz CT molecular complexity index is 386. The van der Waals surface area contributed by atoms with Gasteiger partial charge >= 0.3 is 0 Å². The van der Waals surface area contributed by atoms with Gasteiger partial charge in [0.05, 0.1) is 12.3 Å². The molecule has 0 bridgehead atoms. The summed E-state index contributed by atoms with van der Waals surface area (Å²) in [6.45, 7) is 2.14. The Hall–Kier alpha value is -1.76. The minimum atomic E-state index is -0.0374. The molecule has 7 heteroatoms. The maximum Gasteiger partial charge on any atom is 0.223 e. The fourth-order valence-electron chi connectivity index (χ4n) is 1.38. The Morgan fingerprint density at radius 1 is 1.62 bits per heavy atom. The Labute approximate surface area is 93.1 Å². The van der Waals surface area contributed by atoms with E-state index in [-0.39, 0.29) is 12.4 Å². The van der Waals surface area contributed by atoms with Gasteiger partial charge < -0.3 is 20.8 Å². The first-order valence-corrected chi connectivity index (χ1v) is 4.87. The monoisotopic (exact) mass is 228 g/mol. The van der Waals surface area contributed by atoms with Gasteiger partial charge in [0.1, 0.15) is 5.56 Å². The standard InChI is InChI=1S/C9H16N4O3/c1-6-7(8(10)12-15)9(13(2)11-6)16-5-3-4-14/h14-15H,3-5H2,1-2H3,(H2,10,12). The second kappa shape index (κ2) is 5.36. The molecular weight excluding hydrogens is 212 g/mol. The Balaban J connectivity index is 2.97. The molecule has 0 saturated carbocycles. The SMILES string of the molecule is Cc1nn(C)c(OCCCO)c1C(N)=NO. The molecule has 1 aromatic heterocycles. The highest BCUT2D eigenvalue weighted by Gasteiger charge is 2.18. The summed E-state index contributed by atoms with van der Waals surface area (Å²) in [6, 6.07) is 0. The lowest BCUT2D eigenvalue weighted by molar-refractivity contribution is 0.223. The molecule has 0 unspecified atom stereocenters. The molecule has 90 valence electrons. The lowest BCUT2D eigenvalue weighted by atomic mass is 10.2. The van der Waals surface area contributed by atoms with E-state index in [9.17, 15) is 0 Å². The minimum Gasteiger partial charge on any atom is -0.477 e. The van der Waals surface area contributed by atoms with E-state index in [0.29, 0.717) is 30.2 Å². The third kappa shape index (κ3) is 2.43. The van der Waals surface area contributed by atoms with Crippen molar-refractivity contribution in [3.8, 4) is 5.88 Å². The van der Waals surface area contributed by atoms with Crippen LogP contribution in [0.3, 0.4) is 0 Å². The number of aliphatic hydroxyl groups is 1. The normalized spacial score (nSPS) is 11.8. The van der Waals surface area contributed by atoms with Crippen molar-refractivity contribution in [1.82, 2.24) is 9.78 Å². The van der Waals surface area contributed by atoms with Crippen LogP contribution in [0.4, 0.5) is 0 Å². The quantitative estimate of drug-likeness (QED) is 0.209. The number of aromatic nitrogens is 2. The zero-order chi connectivity index (χ0) is 12.1. The van der Waals surface area contributed by atoms with Crippen LogP contribution < -0.4 is 10.5 Å². The highest BCUT2D eigenvalue weighted by Crippen LogP contribution is 2.20. The number of nitrogens with two attached hydrogens (primary N) is 1. The van der Waals surface area contributed by atoms with Crippen molar-refractivity contribution in [2.24, 2.45) is 17.9 Å². The predicted molar refractivity (Wildman–Crippen MR) is 57.7 cm³/mol. The van der Waals surface area contributed by atoms with Crippen molar-refractivity contribution in [3.05, 3.63) is 11.3 Å². The van der Waals surface area contributed by atoms with Gasteiger partial charge in [0.25, 0.3) is 0 Å². The van der Waals surface area contributed by atoms with Gasteiger partial charge in [0.2, 0.25) is 5.88 Å².